The fourth-order valence-electron chi connectivity index (χ4n) is 2.94. The molecule has 0 radical (unpaired) electrons. The number of aryl methyl sites for hydroxylation is 2. The minimum atomic E-state index is -3.19. The third kappa shape index (κ3) is 7.43. The van der Waals surface area contributed by atoms with Gasteiger partial charge in [-0.3, -0.25) is 0 Å². The van der Waals surface area contributed by atoms with Gasteiger partial charge in [0.25, 0.3) is 0 Å². The van der Waals surface area contributed by atoms with Crippen LogP contribution in [0.15, 0.2) is 52.4 Å². The summed E-state index contributed by atoms with van der Waals surface area (Å²) in [5.74, 6) is 0.760. The molecule has 0 aliphatic carbocycles. The average Bonchev–Trinajstić information content (AvgIpc) is 2.60. The SMILES string of the molecule is CCNC(=NCc1ccc(S(C)(=O)=O)c(C)c1)NCCc1ccccc1C.I. The molecular formula is C21H30IN3O2S. The Balaban J connectivity index is 0.00000392. The Kier molecular flexibility index (Phi) is 9.95. The van der Waals surface area contributed by atoms with Gasteiger partial charge in [0.05, 0.1) is 11.4 Å². The summed E-state index contributed by atoms with van der Waals surface area (Å²) in [4.78, 5) is 4.99. The average molecular weight is 515 g/mol. The first-order valence-electron chi connectivity index (χ1n) is 9.17. The number of benzene rings is 2. The molecule has 0 unspecified atom stereocenters. The molecule has 5 nitrogen and oxygen atoms in total. The summed E-state index contributed by atoms with van der Waals surface area (Å²) in [6.45, 7) is 8.03. The molecule has 2 N–H and O–H groups in total. The van der Waals surface area contributed by atoms with Crippen molar-refractivity contribution in [1.82, 2.24) is 10.6 Å². The number of sulfone groups is 1. The molecule has 0 aromatic heterocycles. The largest absolute Gasteiger partial charge is 0.357 e. The number of rotatable bonds is 7. The molecule has 2 aromatic carbocycles. The maximum absolute atomic E-state index is 11.7. The monoisotopic (exact) mass is 515 g/mol. The van der Waals surface area contributed by atoms with Crippen LogP contribution in [0.1, 0.15) is 29.2 Å². The molecular weight excluding hydrogens is 485 g/mol. The highest BCUT2D eigenvalue weighted by molar-refractivity contribution is 14.0. The number of guanidine groups is 1. The molecule has 7 heteroatoms. The molecule has 0 amide bonds. The van der Waals surface area contributed by atoms with Gasteiger partial charge in [0, 0.05) is 19.3 Å². The highest BCUT2D eigenvalue weighted by atomic mass is 127. The zero-order valence-electron chi connectivity index (χ0n) is 17.0. The predicted molar refractivity (Wildman–Crippen MR) is 127 cm³/mol. The lowest BCUT2D eigenvalue weighted by molar-refractivity contribution is 0.601. The second kappa shape index (κ2) is 11.4. The van der Waals surface area contributed by atoms with Gasteiger partial charge < -0.3 is 10.6 Å². The number of hydrogen-bond donors (Lipinski definition) is 2. The van der Waals surface area contributed by atoms with E-state index in [1.54, 1.807) is 6.07 Å². The third-order valence-electron chi connectivity index (χ3n) is 4.35. The molecule has 2 rings (SSSR count). The van der Waals surface area contributed by atoms with Crippen LogP contribution >= 0.6 is 24.0 Å². The Morgan fingerprint density at radius 3 is 2.36 bits per heavy atom. The Labute approximate surface area is 186 Å². The van der Waals surface area contributed by atoms with Crippen LogP contribution in [0.25, 0.3) is 0 Å². The standard InChI is InChI=1S/C21H29N3O2S.HI/c1-5-22-21(23-13-12-19-9-7-6-8-16(19)2)24-15-18-10-11-20(17(3)14-18)27(4,25)26;/h6-11,14H,5,12-13,15H2,1-4H3,(H2,22,23,24);1H. The topological polar surface area (TPSA) is 70.6 Å². The highest BCUT2D eigenvalue weighted by Gasteiger charge is 2.10. The van der Waals surface area contributed by atoms with Crippen LogP contribution in [-0.4, -0.2) is 33.7 Å². The molecule has 0 atom stereocenters. The first-order valence-corrected chi connectivity index (χ1v) is 11.1. The molecule has 0 fully saturated rings. The normalized spacial score (nSPS) is 11.6. The Bertz CT molecular complexity index is 912. The predicted octanol–water partition coefficient (Wildman–Crippen LogP) is 3.62. The van der Waals surface area contributed by atoms with Crippen LogP contribution in [-0.2, 0) is 22.8 Å². The third-order valence-corrected chi connectivity index (χ3v) is 5.61. The molecule has 2 aromatic rings. The number of halogens is 1. The van der Waals surface area contributed by atoms with Gasteiger partial charge >= 0.3 is 0 Å². The van der Waals surface area contributed by atoms with Crippen molar-refractivity contribution in [3.05, 3.63) is 64.7 Å². The van der Waals surface area contributed by atoms with Crippen molar-refractivity contribution in [2.45, 2.75) is 38.6 Å². The maximum atomic E-state index is 11.7. The van der Waals surface area contributed by atoms with E-state index in [1.165, 1.54) is 17.4 Å². The van der Waals surface area contributed by atoms with Gasteiger partial charge in [0.15, 0.2) is 15.8 Å². The van der Waals surface area contributed by atoms with Crippen molar-refractivity contribution in [2.75, 3.05) is 19.3 Å². The van der Waals surface area contributed by atoms with Gasteiger partial charge in [-0.1, -0.05) is 36.4 Å². The van der Waals surface area contributed by atoms with E-state index in [0.29, 0.717) is 11.4 Å². The maximum Gasteiger partial charge on any atom is 0.191 e. The first-order chi connectivity index (χ1) is 12.8. The van der Waals surface area contributed by atoms with E-state index in [-0.39, 0.29) is 24.0 Å². The number of aliphatic imine (C=N–C) groups is 1. The quantitative estimate of drug-likeness (QED) is 0.336. The second-order valence-corrected chi connectivity index (χ2v) is 8.65. The lowest BCUT2D eigenvalue weighted by atomic mass is 10.1. The van der Waals surface area contributed by atoms with Crippen LogP contribution < -0.4 is 10.6 Å². The second-order valence-electron chi connectivity index (χ2n) is 6.67. The van der Waals surface area contributed by atoms with Crippen LogP contribution in [0.4, 0.5) is 0 Å². The zero-order chi connectivity index (χ0) is 19.9. The van der Waals surface area contributed by atoms with E-state index >= 15 is 0 Å². The number of hydrogen-bond acceptors (Lipinski definition) is 3. The summed E-state index contributed by atoms with van der Waals surface area (Å²) in [5.41, 5.74) is 4.36. The molecule has 0 saturated heterocycles. The summed E-state index contributed by atoms with van der Waals surface area (Å²) < 4.78 is 23.5. The van der Waals surface area contributed by atoms with Crippen molar-refractivity contribution < 1.29 is 8.42 Å². The number of nitrogens with zero attached hydrogens (tertiary/aromatic N) is 1. The van der Waals surface area contributed by atoms with E-state index in [1.807, 2.05) is 26.0 Å². The van der Waals surface area contributed by atoms with Gasteiger partial charge in [-0.05, 0) is 55.5 Å². The smallest absolute Gasteiger partial charge is 0.191 e. The highest BCUT2D eigenvalue weighted by Crippen LogP contribution is 2.17. The van der Waals surface area contributed by atoms with Gasteiger partial charge in [-0.25, -0.2) is 13.4 Å². The van der Waals surface area contributed by atoms with Crippen molar-refractivity contribution in [3.8, 4) is 0 Å². The lowest BCUT2D eigenvalue weighted by Crippen LogP contribution is -2.38. The van der Waals surface area contributed by atoms with Crippen LogP contribution in [0.3, 0.4) is 0 Å². The van der Waals surface area contributed by atoms with E-state index in [9.17, 15) is 8.42 Å². The first kappa shape index (κ1) is 24.4. The van der Waals surface area contributed by atoms with Gasteiger partial charge in [-0.15, -0.1) is 24.0 Å². The molecule has 28 heavy (non-hydrogen) atoms. The molecule has 0 spiro atoms. The molecule has 0 saturated carbocycles. The summed E-state index contributed by atoms with van der Waals surface area (Å²) in [6, 6.07) is 13.7. The van der Waals surface area contributed by atoms with Crippen molar-refractivity contribution >= 4 is 39.8 Å². The Morgan fingerprint density at radius 1 is 1.04 bits per heavy atom. The van der Waals surface area contributed by atoms with Crippen LogP contribution in [0.2, 0.25) is 0 Å². The fraction of sp³-hybridized carbons (Fsp3) is 0.381. The van der Waals surface area contributed by atoms with E-state index in [4.69, 9.17) is 0 Å². The minimum Gasteiger partial charge on any atom is -0.357 e. The van der Waals surface area contributed by atoms with Gasteiger partial charge in [-0.2, -0.15) is 0 Å². The van der Waals surface area contributed by atoms with Crippen molar-refractivity contribution in [2.24, 2.45) is 4.99 Å². The molecule has 0 aliphatic rings. The summed E-state index contributed by atoms with van der Waals surface area (Å²) in [7, 11) is -3.19. The summed E-state index contributed by atoms with van der Waals surface area (Å²) >= 11 is 0. The lowest BCUT2D eigenvalue weighted by Gasteiger charge is -2.12. The van der Waals surface area contributed by atoms with Crippen LogP contribution in [0, 0.1) is 13.8 Å². The Hall–Kier alpha value is -1.61. The van der Waals surface area contributed by atoms with E-state index in [0.717, 1.165) is 36.6 Å². The Morgan fingerprint density at radius 2 is 1.75 bits per heavy atom. The fourth-order valence-corrected chi connectivity index (χ4v) is 3.90. The van der Waals surface area contributed by atoms with E-state index in [2.05, 4.69) is 46.8 Å². The minimum absolute atomic E-state index is 0. The zero-order valence-corrected chi connectivity index (χ0v) is 20.1. The summed E-state index contributed by atoms with van der Waals surface area (Å²) in [5, 5.41) is 6.61. The van der Waals surface area contributed by atoms with E-state index < -0.39 is 9.84 Å². The summed E-state index contributed by atoms with van der Waals surface area (Å²) in [6.07, 6.45) is 2.16. The molecule has 0 heterocycles. The molecule has 154 valence electrons. The van der Waals surface area contributed by atoms with Crippen LogP contribution in [0.5, 0.6) is 0 Å². The van der Waals surface area contributed by atoms with Gasteiger partial charge in [0.1, 0.15) is 0 Å². The van der Waals surface area contributed by atoms with Gasteiger partial charge in [0.2, 0.25) is 0 Å². The molecule has 0 aliphatic heterocycles. The number of nitrogens with one attached hydrogen (secondary N) is 2. The molecule has 0 bridgehead atoms. The van der Waals surface area contributed by atoms with Crippen molar-refractivity contribution in [3.63, 3.8) is 0 Å². The van der Waals surface area contributed by atoms with Crippen molar-refractivity contribution in [1.29, 1.82) is 0 Å².